The Hall–Kier alpha value is -1.99. The minimum atomic E-state index is 0.251. The highest BCUT2D eigenvalue weighted by Crippen LogP contribution is 2.30. The molecule has 0 aliphatic rings. The van der Waals surface area contributed by atoms with Crippen LogP contribution >= 0.6 is 22.7 Å². The summed E-state index contributed by atoms with van der Waals surface area (Å²) in [7, 11) is 1.99. The molecule has 3 rings (SSSR count). The Morgan fingerprint density at radius 1 is 1.14 bits per heavy atom. The first-order valence-electron chi connectivity index (χ1n) is 6.93. The Labute approximate surface area is 136 Å². The SMILES string of the molecule is CCc1cnc(CN(C)c2nnc(-c3ccc(O)cc3)s2)s1. The molecule has 2 aromatic heterocycles. The summed E-state index contributed by atoms with van der Waals surface area (Å²) in [6, 6.07) is 6.99. The number of anilines is 1. The molecule has 0 bridgehead atoms. The second kappa shape index (κ2) is 6.41. The van der Waals surface area contributed by atoms with Crippen molar-refractivity contribution in [3.05, 3.63) is 40.3 Å². The standard InChI is InChI=1S/C15H16N4OS2/c1-3-12-8-16-13(21-12)9-19(2)15-18-17-14(22-15)10-4-6-11(20)7-5-10/h4-8,20H,3,9H2,1-2H3. The van der Waals surface area contributed by atoms with E-state index in [9.17, 15) is 5.11 Å². The highest BCUT2D eigenvalue weighted by Gasteiger charge is 2.12. The highest BCUT2D eigenvalue weighted by molar-refractivity contribution is 7.18. The fourth-order valence-electron chi connectivity index (χ4n) is 1.95. The van der Waals surface area contributed by atoms with E-state index in [2.05, 4.69) is 27.0 Å². The van der Waals surface area contributed by atoms with Gasteiger partial charge in [0.1, 0.15) is 15.8 Å². The van der Waals surface area contributed by atoms with E-state index in [-0.39, 0.29) is 5.75 Å². The predicted molar refractivity (Wildman–Crippen MR) is 90.6 cm³/mol. The smallest absolute Gasteiger partial charge is 0.208 e. The van der Waals surface area contributed by atoms with Crippen molar-refractivity contribution in [3.8, 4) is 16.3 Å². The molecule has 0 unspecified atom stereocenters. The van der Waals surface area contributed by atoms with E-state index < -0.39 is 0 Å². The van der Waals surface area contributed by atoms with E-state index in [0.717, 1.165) is 33.7 Å². The number of benzene rings is 1. The van der Waals surface area contributed by atoms with E-state index >= 15 is 0 Å². The summed E-state index contributed by atoms with van der Waals surface area (Å²) in [5, 5.41) is 20.6. The molecule has 0 radical (unpaired) electrons. The second-order valence-electron chi connectivity index (χ2n) is 4.87. The van der Waals surface area contributed by atoms with Crippen LogP contribution in [-0.2, 0) is 13.0 Å². The van der Waals surface area contributed by atoms with E-state index in [4.69, 9.17) is 0 Å². The van der Waals surface area contributed by atoms with Gasteiger partial charge in [-0.1, -0.05) is 18.3 Å². The van der Waals surface area contributed by atoms with Crippen LogP contribution in [0.25, 0.3) is 10.6 Å². The number of phenols is 1. The fourth-order valence-corrected chi connectivity index (χ4v) is 3.67. The van der Waals surface area contributed by atoms with Crippen LogP contribution in [0.1, 0.15) is 16.8 Å². The highest BCUT2D eigenvalue weighted by atomic mass is 32.1. The number of rotatable bonds is 5. The average molecular weight is 332 g/mol. The van der Waals surface area contributed by atoms with Crippen LogP contribution in [0.5, 0.6) is 5.75 Å². The molecule has 7 heteroatoms. The summed E-state index contributed by atoms with van der Waals surface area (Å²) in [6.45, 7) is 2.87. The molecular formula is C15H16N4OS2. The van der Waals surface area contributed by atoms with Gasteiger partial charge in [0.2, 0.25) is 5.13 Å². The van der Waals surface area contributed by atoms with Gasteiger partial charge >= 0.3 is 0 Å². The predicted octanol–water partition coefficient (Wildman–Crippen LogP) is 3.57. The molecule has 0 amide bonds. The first-order valence-corrected chi connectivity index (χ1v) is 8.56. The van der Waals surface area contributed by atoms with Crippen molar-refractivity contribution in [1.29, 1.82) is 0 Å². The first kappa shape index (κ1) is 14.9. The topological polar surface area (TPSA) is 62.1 Å². The third-order valence-corrected chi connectivity index (χ3v) is 5.39. The zero-order valence-corrected chi connectivity index (χ0v) is 14.0. The summed E-state index contributed by atoms with van der Waals surface area (Å²) in [5.41, 5.74) is 0.956. The van der Waals surface area contributed by atoms with E-state index in [1.165, 1.54) is 16.2 Å². The lowest BCUT2D eigenvalue weighted by Gasteiger charge is -2.12. The van der Waals surface area contributed by atoms with Crippen LogP contribution in [0.4, 0.5) is 5.13 Å². The molecule has 0 saturated carbocycles. The van der Waals surface area contributed by atoms with Crippen molar-refractivity contribution in [2.75, 3.05) is 11.9 Å². The quantitative estimate of drug-likeness (QED) is 0.774. The molecule has 22 heavy (non-hydrogen) atoms. The molecule has 1 N–H and O–H groups in total. The summed E-state index contributed by atoms with van der Waals surface area (Å²) < 4.78 is 0. The third kappa shape index (κ3) is 3.26. The van der Waals surface area contributed by atoms with E-state index in [0.29, 0.717) is 0 Å². The van der Waals surface area contributed by atoms with Crippen LogP contribution in [0.3, 0.4) is 0 Å². The van der Waals surface area contributed by atoms with Gasteiger partial charge in [0.05, 0.1) is 6.54 Å². The maximum Gasteiger partial charge on any atom is 0.208 e. The number of aryl methyl sites for hydroxylation is 1. The molecule has 114 valence electrons. The molecule has 0 aliphatic heterocycles. The molecule has 0 fully saturated rings. The van der Waals surface area contributed by atoms with Crippen molar-refractivity contribution in [2.45, 2.75) is 19.9 Å². The Bertz CT molecular complexity index is 751. The lowest BCUT2D eigenvalue weighted by atomic mass is 10.2. The van der Waals surface area contributed by atoms with Crippen molar-refractivity contribution < 1.29 is 5.11 Å². The molecule has 3 aromatic rings. The van der Waals surface area contributed by atoms with E-state index in [1.807, 2.05) is 25.4 Å². The van der Waals surface area contributed by atoms with Crippen molar-refractivity contribution >= 4 is 27.8 Å². The van der Waals surface area contributed by atoms with Crippen molar-refractivity contribution in [1.82, 2.24) is 15.2 Å². The van der Waals surface area contributed by atoms with Crippen LogP contribution in [0.2, 0.25) is 0 Å². The summed E-state index contributed by atoms with van der Waals surface area (Å²) in [5.74, 6) is 0.251. The van der Waals surface area contributed by atoms with Gasteiger partial charge in [-0.2, -0.15) is 0 Å². The molecule has 1 aromatic carbocycles. The largest absolute Gasteiger partial charge is 0.508 e. The van der Waals surface area contributed by atoms with Crippen LogP contribution < -0.4 is 4.90 Å². The maximum atomic E-state index is 9.34. The first-order chi connectivity index (χ1) is 10.7. The Kier molecular flexibility index (Phi) is 4.35. The number of hydrogen-bond acceptors (Lipinski definition) is 7. The minimum absolute atomic E-state index is 0.251. The second-order valence-corrected chi connectivity index (χ2v) is 7.02. The number of phenolic OH excluding ortho intramolecular Hbond substituents is 1. The summed E-state index contributed by atoms with van der Waals surface area (Å²) in [6.07, 6.45) is 2.96. The monoisotopic (exact) mass is 332 g/mol. The molecular weight excluding hydrogens is 316 g/mol. The number of nitrogens with zero attached hydrogens (tertiary/aromatic N) is 4. The fraction of sp³-hybridized carbons (Fsp3) is 0.267. The van der Waals surface area contributed by atoms with Crippen molar-refractivity contribution in [3.63, 3.8) is 0 Å². The Morgan fingerprint density at radius 3 is 2.59 bits per heavy atom. The van der Waals surface area contributed by atoms with Gasteiger partial charge in [-0.25, -0.2) is 4.98 Å². The summed E-state index contributed by atoms with van der Waals surface area (Å²) >= 11 is 3.27. The van der Waals surface area contributed by atoms with Gasteiger partial charge in [0.25, 0.3) is 0 Å². The zero-order valence-electron chi connectivity index (χ0n) is 12.4. The van der Waals surface area contributed by atoms with Gasteiger partial charge in [0.15, 0.2) is 0 Å². The number of hydrogen-bond donors (Lipinski definition) is 1. The van der Waals surface area contributed by atoms with Crippen molar-refractivity contribution in [2.24, 2.45) is 0 Å². The molecule has 0 aliphatic carbocycles. The zero-order chi connectivity index (χ0) is 15.5. The number of aromatic hydroxyl groups is 1. The number of aromatic nitrogens is 3. The summed E-state index contributed by atoms with van der Waals surface area (Å²) in [4.78, 5) is 7.78. The molecule has 5 nitrogen and oxygen atoms in total. The molecule has 2 heterocycles. The lowest BCUT2D eigenvalue weighted by Crippen LogP contribution is -2.15. The van der Waals surface area contributed by atoms with Gasteiger partial charge in [-0.15, -0.1) is 21.5 Å². The van der Waals surface area contributed by atoms with E-state index in [1.54, 1.807) is 23.5 Å². The van der Waals surface area contributed by atoms with Gasteiger partial charge in [-0.3, -0.25) is 0 Å². The number of thiazole rings is 1. The normalized spacial score (nSPS) is 10.8. The minimum Gasteiger partial charge on any atom is -0.508 e. The maximum absolute atomic E-state index is 9.34. The third-order valence-electron chi connectivity index (χ3n) is 3.18. The molecule has 0 saturated heterocycles. The van der Waals surface area contributed by atoms with Crippen LogP contribution in [0, 0.1) is 0 Å². The van der Waals surface area contributed by atoms with Crippen LogP contribution in [0.15, 0.2) is 30.5 Å². The Morgan fingerprint density at radius 2 is 1.91 bits per heavy atom. The Balaban J connectivity index is 1.73. The van der Waals surface area contributed by atoms with Gasteiger partial charge in [-0.05, 0) is 30.7 Å². The van der Waals surface area contributed by atoms with Gasteiger partial charge < -0.3 is 10.0 Å². The average Bonchev–Trinajstić information content (AvgIpc) is 3.17. The van der Waals surface area contributed by atoms with Gasteiger partial charge in [0, 0.05) is 23.7 Å². The van der Waals surface area contributed by atoms with Crippen LogP contribution in [-0.4, -0.2) is 27.3 Å². The molecule has 0 atom stereocenters. The molecule has 0 spiro atoms. The lowest BCUT2D eigenvalue weighted by molar-refractivity contribution is 0.475.